The lowest BCUT2D eigenvalue weighted by Gasteiger charge is -2.33. The minimum Gasteiger partial charge on any atom is -0.406 e. The summed E-state index contributed by atoms with van der Waals surface area (Å²) in [7, 11) is 0. The van der Waals surface area contributed by atoms with Gasteiger partial charge in [0.2, 0.25) is 6.17 Å². The third-order valence-electron chi connectivity index (χ3n) is 8.14. The van der Waals surface area contributed by atoms with Gasteiger partial charge in [0.15, 0.2) is 0 Å². The van der Waals surface area contributed by atoms with Gasteiger partial charge in [0.1, 0.15) is 12.3 Å². The van der Waals surface area contributed by atoms with Crippen molar-refractivity contribution >= 4 is 23.3 Å². The first-order valence-electron chi connectivity index (χ1n) is 15.1. The van der Waals surface area contributed by atoms with Crippen molar-refractivity contribution in [2.24, 2.45) is 4.99 Å². The summed E-state index contributed by atoms with van der Waals surface area (Å²) in [5.74, 6) is -1.46. The van der Waals surface area contributed by atoms with Crippen molar-refractivity contribution in [3.8, 4) is 17.0 Å². The second-order valence-corrected chi connectivity index (χ2v) is 11.4. The van der Waals surface area contributed by atoms with E-state index in [0.717, 1.165) is 12.1 Å². The van der Waals surface area contributed by atoms with E-state index in [1.54, 1.807) is 48.7 Å². The Bertz CT molecular complexity index is 1910. The van der Waals surface area contributed by atoms with Crippen LogP contribution in [0.15, 0.2) is 94.8 Å². The lowest BCUT2D eigenvalue weighted by molar-refractivity contribution is -0.274. The summed E-state index contributed by atoms with van der Waals surface area (Å²) < 4.78 is 84.0. The van der Waals surface area contributed by atoms with E-state index in [1.165, 1.54) is 33.7 Å². The van der Waals surface area contributed by atoms with Crippen molar-refractivity contribution < 1.29 is 40.7 Å². The standard InChI is InChI=1S/C33H28F6N6O4/c34-32(35,36)19-45-26-9-5-4-8-24(26)27(21-6-2-1-3-7-21)41-28(29(45)46)42-30(47)43-16-14-22(15-17-43)44-18-25(40-31(44)48)20-10-12-23(13-11-20)49-33(37,38)39/h1-13,18,22,28H,14-17,19H2,(H,40,48)(H,42,47)/t28-/m0/s1. The number of benzene rings is 3. The van der Waals surface area contributed by atoms with Crippen LogP contribution in [0.2, 0.25) is 0 Å². The summed E-state index contributed by atoms with van der Waals surface area (Å²) in [6.07, 6.45) is -9.06. The zero-order chi connectivity index (χ0) is 34.9. The number of aliphatic imine (C=N–C) groups is 1. The highest BCUT2D eigenvalue weighted by Gasteiger charge is 2.40. The predicted molar refractivity (Wildman–Crippen MR) is 166 cm³/mol. The number of imidazole rings is 1. The number of hydrogen-bond acceptors (Lipinski definition) is 5. The number of likely N-dealkylation sites (tertiary alicyclic amines) is 1. The van der Waals surface area contributed by atoms with Gasteiger partial charge in [-0.15, -0.1) is 13.2 Å². The zero-order valence-corrected chi connectivity index (χ0v) is 25.5. The smallest absolute Gasteiger partial charge is 0.406 e. The first kappa shape index (κ1) is 33.4. The number of para-hydroxylation sites is 1. The molecule has 2 N–H and O–H groups in total. The number of piperidine rings is 1. The Hall–Kier alpha value is -5.54. The molecule has 1 atom stereocenters. The normalized spacial score (nSPS) is 17.3. The number of nitrogens with zero attached hydrogens (tertiary/aromatic N) is 4. The highest BCUT2D eigenvalue weighted by atomic mass is 19.4. The van der Waals surface area contributed by atoms with Crippen LogP contribution in [-0.2, 0) is 4.79 Å². The molecule has 2 aliphatic heterocycles. The van der Waals surface area contributed by atoms with Crippen LogP contribution in [0.25, 0.3) is 11.3 Å². The Morgan fingerprint density at radius 1 is 0.878 bits per heavy atom. The number of benzodiazepines with no additional fused rings is 1. The first-order chi connectivity index (χ1) is 23.3. The van der Waals surface area contributed by atoms with Gasteiger partial charge in [-0.25, -0.2) is 14.6 Å². The quantitative estimate of drug-likeness (QED) is 0.248. The van der Waals surface area contributed by atoms with E-state index in [1.807, 2.05) is 0 Å². The topological polar surface area (TPSA) is 112 Å². The lowest BCUT2D eigenvalue weighted by atomic mass is 10.0. The van der Waals surface area contributed by atoms with Gasteiger partial charge < -0.3 is 19.9 Å². The molecule has 16 heteroatoms. The molecular weight excluding hydrogens is 658 g/mol. The number of halogens is 6. The molecule has 6 rings (SSSR count). The average molecular weight is 687 g/mol. The maximum atomic E-state index is 13.7. The molecule has 3 aromatic carbocycles. The number of H-pyrrole nitrogens is 1. The van der Waals surface area contributed by atoms with Gasteiger partial charge in [0.05, 0.1) is 17.1 Å². The van der Waals surface area contributed by atoms with E-state index in [4.69, 9.17) is 0 Å². The van der Waals surface area contributed by atoms with Gasteiger partial charge >= 0.3 is 24.3 Å². The fourth-order valence-electron chi connectivity index (χ4n) is 5.91. The second kappa shape index (κ2) is 13.2. The van der Waals surface area contributed by atoms with Gasteiger partial charge in [-0.1, -0.05) is 48.5 Å². The number of anilines is 1. The van der Waals surface area contributed by atoms with Crippen LogP contribution in [0, 0.1) is 0 Å². The van der Waals surface area contributed by atoms with Crippen molar-refractivity contribution in [3.63, 3.8) is 0 Å². The number of carbonyl (C=O) groups is 2. The van der Waals surface area contributed by atoms with Crippen molar-refractivity contribution in [2.45, 2.75) is 37.6 Å². The van der Waals surface area contributed by atoms with Gasteiger partial charge in [0.25, 0.3) is 5.91 Å². The summed E-state index contributed by atoms with van der Waals surface area (Å²) in [5, 5.41) is 2.52. The molecule has 10 nitrogen and oxygen atoms in total. The number of aromatic amines is 1. The fraction of sp³-hybridized carbons (Fsp3) is 0.273. The molecule has 4 aromatic rings. The maximum Gasteiger partial charge on any atom is 0.573 e. The van der Waals surface area contributed by atoms with Gasteiger partial charge in [-0.05, 0) is 48.7 Å². The van der Waals surface area contributed by atoms with Crippen molar-refractivity contribution in [1.82, 2.24) is 19.8 Å². The number of hydrogen-bond donors (Lipinski definition) is 2. The van der Waals surface area contributed by atoms with E-state index >= 15 is 0 Å². The van der Waals surface area contributed by atoms with E-state index in [2.05, 4.69) is 20.0 Å². The molecule has 1 saturated heterocycles. The first-order valence-corrected chi connectivity index (χ1v) is 15.1. The number of urea groups is 1. The number of aromatic nitrogens is 2. The average Bonchev–Trinajstić information content (AvgIpc) is 3.41. The Morgan fingerprint density at radius 3 is 2.18 bits per heavy atom. The van der Waals surface area contributed by atoms with Gasteiger partial charge in [-0.2, -0.15) is 13.2 Å². The number of ether oxygens (including phenoxy) is 1. The third-order valence-corrected chi connectivity index (χ3v) is 8.14. The molecule has 49 heavy (non-hydrogen) atoms. The maximum absolute atomic E-state index is 13.7. The number of nitrogens with one attached hydrogen (secondary N) is 2. The van der Waals surface area contributed by atoms with E-state index < -0.39 is 48.6 Å². The number of amides is 3. The van der Waals surface area contributed by atoms with Crippen molar-refractivity contribution in [3.05, 3.63) is 107 Å². The molecule has 3 amide bonds. The molecule has 3 heterocycles. The molecule has 0 aliphatic carbocycles. The fourth-order valence-corrected chi connectivity index (χ4v) is 5.91. The van der Waals surface area contributed by atoms with Crippen LogP contribution in [0.4, 0.5) is 36.8 Å². The van der Waals surface area contributed by atoms with Crippen LogP contribution < -0.4 is 20.6 Å². The molecule has 0 spiro atoms. The zero-order valence-electron chi connectivity index (χ0n) is 25.5. The monoisotopic (exact) mass is 686 g/mol. The van der Waals surface area contributed by atoms with Crippen LogP contribution in [0.3, 0.4) is 0 Å². The minimum atomic E-state index is -4.84. The van der Waals surface area contributed by atoms with E-state index in [-0.39, 0.29) is 30.5 Å². The third kappa shape index (κ3) is 7.63. The Balaban J connectivity index is 1.18. The molecule has 0 saturated carbocycles. The molecule has 0 bridgehead atoms. The Labute approximate surface area is 274 Å². The van der Waals surface area contributed by atoms with Crippen LogP contribution >= 0.6 is 0 Å². The highest BCUT2D eigenvalue weighted by Crippen LogP contribution is 2.32. The largest absolute Gasteiger partial charge is 0.573 e. The van der Waals surface area contributed by atoms with E-state index in [9.17, 15) is 40.7 Å². The molecule has 0 radical (unpaired) electrons. The summed E-state index contributed by atoms with van der Waals surface area (Å²) in [5.41, 5.74) is 1.45. The Morgan fingerprint density at radius 2 is 1.53 bits per heavy atom. The SMILES string of the molecule is O=C(N[C@@H]1N=C(c2ccccc2)c2ccccc2N(CC(F)(F)F)C1=O)N1CCC(n2cc(-c3ccc(OC(F)(F)F)cc3)[nH]c2=O)CC1. The minimum absolute atomic E-state index is 0.00638. The molecule has 1 aromatic heterocycles. The van der Waals surface area contributed by atoms with Crippen molar-refractivity contribution in [1.29, 1.82) is 0 Å². The summed E-state index contributed by atoms with van der Waals surface area (Å²) in [4.78, 5) is 49.0. The summed E-state index contributed by atoms with van der Waals surface area (Å²) in [6.45, 7) is -1.29. The summed E-state index contributed by atoms with van der Waals surface area (Å²) >= 11 is 0. The van der Waals surface area contributed by atoms with Crippen LogP contribution in [0.5, 0.6) is 5.75 Å². The van der Waals surface area contributed by atoms with Crippen LogP contribution in [-0.4, -0.2) is 70.4 Å². The predicted octanol–water partition coefficient (Wildman–Crippen LogP) is 5.86. The molecular formula is C33H28F6N6O4. The molecule has 1 fully saturated rings. The molecule has 0 unspecified atom stereocenters. The number of rotatable bonds is 6. The molecule has 256 valence electrons. The highest BCUT2D eigenvalue weighted by molar-refractivity contribution is 6.20. The lowest BCUT2D eigenvalue weighted by Crippen LogP contribution is -2.54. The molecule has 2 aliphatic rings. The Kier molecular flexibility index (Phi) is 8.96. The van der Waals surface area contributed by atoms with Crippen LogP contribution in [0.1, 0.15) is 30.0 Å². The van der Waals surface area contributed by atoms with Gasteiger partial charge in [-0.3, -0.25) is 14.3 Å². The second-order valence-electron chi connectivity index (χ2n) is 11.4. The number of carbonyl (C=O) groups excluding carboxylic acids is 2. The number of fused-ring (bicyclic) bond motifs is 1. The summed E-state index contributed by atoms with van der Waals surface area (Å²) in [6, 6.07) is 18.7. The van der Waals surface area contributed by atoms with Crippen molar-refractivity contribution in [2.75, 3.05) is 24.5 Å². The van der Waals surface area contributed by atoms with E-state index in [0.29, 0.717) is 40.1 Å². The van der Waals surface area contributed by atoms with Gasteiger partial charge in [0, 0.05) is 36.5 Å². The number of alkyl halides is 6.